The molecule has 0 aliphatic carbocycles. The summed E-state index contributed by atoms with van der Waals surface area (Å²) in [6.07, 6.45) is 1.68. The molecular weight excluding hydrogens is 372 g/mol. The first-order valence-electron chi connectivity index (χ1n) is 8.88. The molecule has 0 amide bonds. The molecule has 28 heavy (non-hydrogen) atoms. The molecule has 6 nitrogen and oxygen atoms in total. The van der Waals surface area contributed by atoms with Crippen molar-refractivity contribution in [2.45, 2.75) is 18.7 Å². The van der Waals surface area contributed by atoms with Crippen LogP contribution in [-0.2, 0) is 10.8 Å². The van der Waals surface area contributed by atoms with E-state index in [9.17, 15) is 4.21 Å². The van der Waals surface area contributed by atoms with Gasteiger partial charge in [-0.1, -0.05) is 43.3 Å². The van der Waals surface area contributed by atoms with Crippen molar-refractivity contribution in [1.29, 1.82) is 0 Å². The van der Waals surface area contributed by atoms with Crippen molar-refractivity contribution >= 4 is 10.8 Å². The third kappa shape index (κ3) is 3.48. The van der Waals surface area contributed by atoms with Crippen LogP contribution < -0.4 is 0 Å². The monoisotopic (exact) mass is 390 g/mol. The molecule has 0 spiro atoms. The zero-order chi connectivity index (χ0) is 19.5. The zero-order valence-corrected chi connectivity index (χ0v) is 16.3. The van der Waals surface area contributed by atoms with E-state index in [1.54, 1.807) is 6.20 Å². The van der Waals surface area contributed by atoms with Gasteiger partial charge in [0.25, 0.3) is 5.89 Å². The quantitative estimate of drug-likeness (QED) is 0.505. The fourth-order valence-corrected chi connectivity index (χ4v) is 3.79. The number of aromatic nitrogens is 4. The van der Waals surface area contributed by atoms with Gasteiger partial charge in [-0.2, -0.15) is 0 Å². The van der Waals surface area contributed by atoms with E-state index in [2.05, 4.69) is 15.2 Å². The van der Waals surface area contributed by atoms with Crippen LogP contribution in [0.5, 0.6) is 0 Å². The molecule has 1 atom stereocenters. The van der Waals surface area contributed by atoms with Crippen molar-refractivity contribution in [2.24, 2.45) is 0 Å². The first-order chi connectivity index (χ1) is 13.7. The summed E-state index contributed by atoms with van der Waals surface area (Å²) in [7, 11) is -1.10. The Balaban J connectivity index is 1.78. The van der Waals surface area contributed by atoms with Gasteiger partial charge in [0.1, 0.15) is 5.69 Å². The normalized spacial score (nSPS) is 12.1. The highest BCUT2D eigenvalue weighted by molar-refractivity contribution is 7.85. The second kappa shape index (κ2) is 7.82. The number of hydrogen-bond acceptors (Lipinski definition) is 6. The summed E-state index contributed by atoms with van der Waals surface area (Å²) >= 11 is 0. The van der Waals surface area contributed by atoms with Crippen LogP contribution >= 0.6 is 0 Å². The minimum absolute atomic E-state index is 0.305. The van der Waals surface area contributed by atoms with Gasteiger partial charge in [-0.15, -0.1) is 10.2 Å². The summed E-state index contributed by atoms with van der Waals surface area (Å²) in [6.45, 7) is 3.73. The van der Waals surface area contributed by atoms with Crippen molar-refractivity contribution in [3.63, 3.8) is 0 Å². The Hall–Kier alpha value is -3.19. The molecule has 0 aliphatic rings. The maximum absolute atomic E-state index is 12.4. The number of rotatable bonds is 5. The van der Waals surface area contributed by atoms with Crippen LogP contribution in [-0.4, -0.2) is 30.1 Å². The maximum Gasteiger partial charge on any atom is 0.268 e. The molecule has 2 heterocycles. The molecule has 4 aromatic rings. The van der Waals surface area contributed by atoms with E-state index >= 15 is 0 Å². The molecule has 140 valence electrons. The van der Waals surface area contributed by atoms with E-state index in [1.807, 2.05) is 68.4 Å². The molecule has 2 aromatic heterocycles. The lowest BCUT2D eigenvalue weighted by Crippen LogP contribution is -2.00. The predicted octanol–water partition coefficient (Wildman–Crippen LogP) is 4.30. The maximum atomic E-state index is 12.4. The predicted molar refractivity (Wildman–Crippen MR) is 108 cm³/mol. The second-order valence-corrected chi connectivity index (χ2v) is 7.81. The molecule has 0 bridgehead atoms. The van der Waals surface area contributed by atoms with Crippen LogP contribution in [0.25, 0.3) is 34.3 Å². The van der Waals surface area contributed by atoms with Crippen LogP contribution in [0.2, 0.25) is 0 Å². The lowest BCUT2D eigenvalue weighted by Gasteiger charge is -2.09. The molecule has 0 aliphatic heterocycles. The highest BCUT2D eigenvalue weighted by Gasteiger charge is 2.18. The van der Waals surface area contributed by atoms with Crippen molar-refractivity contribution in [1.82, 2.24) is 20.2 Å². The highest BCUT2D eigenvalue weighted by atomic mass is 32.2. The van der Waals surface area contributed by atoms with Gasteiger partial charge in [0.15, 0.2) is 0 Å². The average Bonchev–Trinajstić information content (AvgIpc) is 3.24. The van der Waals surface area contributed by atoms with Crippen molar-refractivity contribution in [3.8, 4) is 34.3 Å². The summed E-state index contributed by atoms with van der Waals surface area (Å²) in [6, 6.07) is 17.1. The molecule has 2 aromatic carbocycles. The molecular formula is C21H18N4O2S. The lowest BCUT2D eigenvalue weighted by atomic mass is 10.1. The topological polar surface area (TPSA) is 81.8 Å². The molecule has 7 heteroatoms. The highest BCUT2D eigenvalue weighted by Crippen LogP contribution is 2.29. The third-order valence-electron chi connectivity index (χ3n) is 4.27. The van der Waals surface area contributed by atoms with Gasteiger partial charge in [0.05, 0.1) is 28.4 Å². The second-order valence-electron chi connectivity index (χ2n) is 6.10. The van der Waals surface area contributed by atoms with Gasteiger partial charge in [-0.05, 0) is 25.1 Å². The number of hydrogen-bond donors (Lipinski definition) is 0. The van der Waals surface area contributed by atoms with E-state index < -0.39 is 10.8 Å². The Morgan fingerprint density at radius 2 is 1.68 bits per heavy atom. The van der Waals surface area contributed by atoms with Crippen LogP contribution in [0.15, 0.2) is 70.1 Å². The first kappa shape index (κ1) is 18.2. The Kier molecular flexibility index (Phi) is 5.08. The molecule has 0 saturated carbocycles. The Labute approximate surface area is 165 Å². The van der Waals surface area contributed by atoms with Crippen LogP contribution in [0.1, 0.15) is 12.6 Å². The Morgan fingerprint density at radius 3 is 2.46 bits per heavy atom. The summed E-state index contributed by atoms with van der Waals surface area (Å²) in [5.74, 6) is 1.27. The van der Waals surface area contributed by atoms with Gasteiger partial charge < -0.3 is 4.42 Å². The van der Waals surface area contributed by atoms with Gasteiger partial charge in [-0.25, -0.2) is 4.98 Å². The molecule has 0 N–H and O–H groups in total. The summed E-state index contributed by atoms with van der Waals surface area (Å²) in [5, 5.41) is 8.29. The number of nitrogens with zero attached hydrogens (tertiary/aromatic N) is 4. The van der Waals surface area contributed by atoms with Gasteiger partial charge >= 0.3 is 0 Å². The van der Waals surface area contributed by atoms with Crippen molar-refractivity contribution in [3.05, 3.63) is 66.5 Å². The Morgan fingerprint density at radius 1 is 0.964 bits per heavy atom. The fourth-order valence-electron chi connectivity index (χ4n) is 2.83. The van der Waals surface area contributed by atoms with E-state index in [0.717, 1.165) is 16.0 Å². The number of benzene rings is 2. The summed E-state index contributed by atoms with van der Waals surface area (Å²) in [4.78, 5) is 9.90. The molecule has 0 saturated heterocycles. The van der Waals surface area contributed by atoms with Crippen LogP contribution in [0.3, 0.4) is 0 Å². The third-order valence-corrected chi connectivity index (χ3v) is 5.65. The van der Waals surface area contributed by atoms with Crippen molar-refractivity contribution in [2.75, 3.05) is 5.75 Å². The smallest absolute Gasteiger partial charge is 0.268 e. The standard InChI is InChI=1S/C21H18N4O2S/c1-3-28(26)18-12-8-7-11-16(18)17-13-22-14(2)19(23-17)21-25-24-20(27-21)15-9-5-4-6-10-15/h4-13H,3H2,1-2H3. The average molecular weight is 390 g/mol. The van der Waals surface area contributed by atoms with E-state index in [1.165, 1.54) is 0 Å². The van der Waals surface area contributed by atoms with E-state index in [-0.39, 0.29) is 0 Å². The van der Waals surface area contributed by atoms with Crippen molar-refractivity contribution < 1.29 is 8.63 Å². The molecule has 0 fully saturated rings. The largest absolute Gasteiger partial charge is 0.415 e. The minimum Gasteiger partial charge on any atom is -0.415 e. The zero-order valence-electron chi connectivity index (χ0n) is 15.5. The van der Waals surface area contributed by atoms with Gasteiger partial charge in [0, 0.05) is 21.8 Å². The summed E-state index contributed by atoms with van der Waals surface area (Å²) < 4.78 is 18.3. The molecule has 1 unspecified atom stereocenters. The molecule has 4 rings (SSSR count). The van der Waals surface area contributed by atoms with Crippen LogP contribution in [0.4, 0.5) is 0 Å². The van der Waals surface area contributed by atoms with Crippen LogP contribution in [0, 0.1) is 6.92 Å². The molecule has 0 radical (unpaired) electrons. The van der Waals surface area contributed by atoms with E-state index in [4.69, 9.17) is 9.40 Å². The van der Waals surface area contributed by atoms with Gasteiger partial charge in [0.2, 0.25) is 5.89 Å². The fraction of sp³-hybridized carbons (Fsp3) is 0.143. The van der Waals surface area contributed by atoms with Gasteiger partial charge in [-0.3, -0.25) is 9.19 Å². The summed E-state index contributed by atoms with van der Waals surface area (Å²) in [5.41, 5.74) is 3.45. The first-order valence-corrected chi connectivity index (χ1v) is 10.2. The minimum atomic E-state index is -1.10. The number of aryl methyl sites for hydroxylation is 1. The lowest BCUT2D eigenvalue weighted by molar-refractivity contribution is 0.581. The Bertz CT molecular complexity index is 1140. The van der Waals surface area contributed by atoms with E-state index in [0.29, 0.717) is 34.6 Å². The SMILES string of the molecule is CCS(=O)c1ccccc1-c1cnc(C)c(-c2nnc(-c3ccccc3)o2)n1.